The van der Waals surface area contributed by atoms with E-state index >= 15 is 0 Å². The third-order valence-corrected chi connectivity index (χ3v) is 9.14. The van der Waals surface area contributed by atoms with Gasteiger partial charge in [0, 0.05) is 25.2 Å². The number of nitrogens with two attached hydrogens (primary N) is 1. The normalized spacial score (nSPS) is 16.4. The molecule has 3 aromatic rings. The van der Waals surface area contributed by atoms with Gasteiger partial charge in [-0.15, -0.1) is 0 Å². The number of sulfonamides is 1. The summed E-state index contributed by atoms with van der Waals surface area (Å²) in [6, 6.07) is 15.9. The minimum Gasteiger partial charge on any atom is -0.341 e. The Labute approximate surface area is 221 Å². The molecule has 6 nitrogen and oxygen atoms in total. The van der Waals surface area contributed by atoms with E-state index in [4.69, 9.17) is 5.73 Å². The second kappa shape index (κ2) is 11.0. The zero-order chi connectivity index (χ0) is 27.7. The van der Waals surface area contributed by atoms with Gasteiger partial charge in [0.1, 0.15) is 0 Å². The fraction of sp³-hybridized carbons (Fsp3) is 0.393. The smallest absolute Gasteiger partial charge is 0.341 e. The molecule has 1 amide bonds. The summed E-state index contributed by atoms with van der Waals surface area (Å²) in [5.41, 5.74) is 6.29. The Kier molecular flexibility index (Phi) is 8.15. The number of carbonyl (C=O) groups excluding carboxylic acids is 1. The molecule has 2 N–H and O–H groups in total. The van der Waals surface area contributed by atoms with E-state index in [1.807, 2.05) is 42.5 Å². The molecule has 1 unspecified atom stereocenters. The molecule has 3 aromatic carbocycles. The maximum Gasteiger partial charge on any atom is 0.416 e. The highest BCUT2D eigenvalue weighted by molar-refractivity contribution is 7.89. The molecule has 1 fully saturated rings. The minimum absolute atomic E-state index is 0.201. The van der Waals surface area contributed by atoms with Crippen LogP contribution in [0.4, 0.5) is 13.2 Å². The number of hydrogen-bond acceptors (Lipinski definition) is 4. The van der Waals surface area contributed by atoms with E-state index in [0.717, 1.165) is 28.5 Å². The van der Waals surface area contributed by atoms with Gasteiger partial charge in [0.25, 0.3) is 0 Å². The maximum atomic E-state index is 13.4. The van der Waals surface area contributed by atoms with Gasteiger partial charge in [-0.2, -0.15) is 17.5 Å². The van der Waals surface area contributed by atoms with Gasteiger partial charge >= 0.3 is 6.18 Å². The number of carbonyl (C=O) groups is 1. The van der Waals surface area contributed by atoms with Gasteiger partial charge in [0.05, 0.1) is 16.5 Å². The number of halogens is 3. The van der Waals surface area contributed by atoms with Crippen molar-refractivity contribution in [2.45, 2.75) is 62.3 Å². The molecule has 1 heterocycles. The molecule has 0 spiro atoms. The van der Waals surface area contributed by atoms with Gasteiger partial charge in [0.2, 0.25) is 15.9 Å². The lowest BCUT2D eigenvalue weighted by Crippen LogP contribution is -2.53. The summed E-state index contributed by atoms with van der Waals surface area (Å²) < 4.78 is 67.8. The number of rotatable bonds is 7. The highest BCUT2D eigenvalue weighted by Crippen LogP contribution is 2.33. The monoisotopic (exact) mass is 547 g/mol. The predicted octanol–water partition coefficient (Wildman–Crippen LogP) is 4.82. The van der Waals surface area contributed by atoms with Gasteiger partial charge in [-0.3, -0.25) is 4.79 Å². The number of piperidine rings is 1. The van der Waals surface area contributed by atoms with Gasteiger partial charge in [0.15, 0.2) is 0 Å². The Hall–Kier alpha value is -2.95. The lowest BCUT2D eigenvalue weighted by molar-refractivity contribution is -0.137. The Morgan fingerprint density at radius 3 is 2.32 bits per heavy atom. The van der Waals surface area contributed by atoms with E-state index < -0.39 is 44.8 Å². The second-order valence-corrected chi connectivity index (χ2v) is 11.8. The average molecular weight is 548 g/mol. The Morgan fingerprint density at radius 1 is 1.03 bits per heavy atom. The van der Waals surface area contributed by atoms with Gasteiger partial charge < -0.3 is 10.6 Å². The molecule has 4 rings (SSSR count). The quantitative estimate of drug-likeness (QED) is 0.460. The lowest BCUT2D eigenvalue weighted by atomic mass is 9.97. The molecule has 1 atom stereocenters. The van der Waals surface area contributed by atoms with Crippen molar-refractivity contribution in [3.05, 3.63) is 77.9 Å². The van der Waals surface area contributed by atoms with E-state index in [-0.39, 0.29) is 5.91 Å². The fourth-order valence-corrected chi connectivity index (χ4v) is 7.15. The predicted molar refractivity (Wildman–Crippen MR) is 141 cm³/mol. The van der Waals surface area contributed by atoms with Crippen molar-refractivity contribution in [2.24, 2.45) is 5.73 Å². The summed E-state index contributed by atoms with van der Waals surface area (Å²) in [6.07, 6.45) is -3.54. The number of fused-ring (bicyclic) bond motifs is 1. The zero-order valence-electron chi connectivity index (χ0n) is 21.4. The van der Waals surface area contributed by atoms with Crippen molar-refractivity contribution < 1.29 is 26.4 Å². The first-order valence-electron chi connectivity index (χ1n) is 12.6. The van der Waals surface area contributed by atoms with Crippen LogP contribution < -0.4 is 5.73 Å². The molecule has 0 aliphatic carbocycles. The highest BCUT2D eigenvalue weighted by Gasteiger charge is 2.38. The average Bonchev–Trinajstić information content (AvgIpc) is 2.88. The van der Waals surface area contributed by atoms with Crippen molar-refractivity contribution in [1.82, 2.24) is 9.21 Å². The van der Waals surface area contributed by atoms with E-state index in [1.54, 1.807) is 18.7 Å². The molecule has 1 aliphatic rings. The van der Waals surface area contributed by atoms with Crippen LogP contribution >= 0.6 is 0 Å². The first-order chi connectivity index (χ1) is 17.9. The van der Waals surface area contributed by atoms with Crippen LogP contribution in [0.2, 0.25) is 0 Å². The van der Waals surface area contributed by atoms with E-state index in [0.29, 0.717) is 38.4 Å². The molecule has 0 radical (unpaired) electrons. The first-order valence-corrected chi connectivity index (χ1v) is 14.1. The minimum atomic E-state index is -4.65. The summed E-state index contributed by atoms with van der Waals surface area (Å²) >= 11 is 0. The second-order valence-electron chi connectivity index (χ2n) is 9.96. The van der Waals surface area contributed by atoms with Gasteiger partial charge in [-0.25, -0.2) is 8.42 Å². The van der Waals surface area contributed by atoms with Crippen molar-refractivity contribution in [1.29, 1.82) is 0 Å². The van der Waals surface area contributed by atoms with E-state index in [1.165, 1.54) is 10.4 Å². The number of nitrogens with zero attached hydrogens (tertiary/aromatic N) is 2. The van der Waals surface area contributed by atoms with Crippen molar-refractivity contribution in [3.63, 3.8) is 0 Å². The van der Waals surface area contributed by atoms with Gasteiger partial charge in [-0.05, 0) is 67.6 Å². The van der Waals surface area contributed by atoms with Crippen molar-refractivity contribution in [3.8, 4) is 0 Å². The largest absolute Gasteiger partial charge is 0.416 e. The van der Waals surface area contributed by atoms with E-state index in [9.17, 15) is 26.4 Å². The summed E-state index contributed by atoms with van der Waals surface area (Å²) in [6.45, 7) is 4.02. The lowest BCUT2D eigenvalue weighted by Gasteiger charge is -2.40. The molecule has 0 saturated carbocycles. The van der Waals surface area contributed by atoms with Gasteiger partial charge in [-0.1, -0.05) is 48.5 Å². The molecule has 38 heavy (non-hydrogen) atoms. The standard InChI is InChI=1S/C28H32F3N3O3S/c1-19(2)34(38(36,37)24-11-6-10-22(18-24)28(29,30)31)23-13-15-33(16-14-23)27(35)26(32)17-21-9-5-8-20-7-3-4-12-25(20)21/h3-12,18-19,23,26H,13-17,32H2,1-2H3. The molecule has 0 aromatic heterocycles. The SMILES string of the molecule is CC(C)N(C1CCN(C(=O)C(N)Cc2cccc3ccccc23)CC1)S(=O)(=O)c1cccc(C(F)(F)F)c1. The number of alkyl halides is 3. The molecule has 204 valence electrons. The van der Waals surface area contributed by atoms with Crippen LogP contribution in [0, 0.1) is 0 Å². The fourth-order valence-electron chi connectivity index (χ4n) is 5.22. The van der Waals surface area contributed by atoms with Crippen LogP contribution in [0.3, 0.4) is 0 Å². The molecule has 1 aliphatic heterocycles. The van der Waals surface area contributed by atoms with Crippen molar-refractivity contribution in [2.75, 3.05) is 13.1 Å². The van der Waals surface area contributed by atoms with E-state index in [2.05, 4.69) is 0 Å². The molecule has 0 bridgehead atoms. The number of hydrogen-bond donors (Lipinski definition) is 1. The maximum absolute atomic E-state index is 13.4. The Balaban J connectivity index is 1.45. The molecular weight excluding hydrogens is 515 g/mol. The topological polar surface area (TPSA) is 83.7 Å². The molecular formula is C28H32F3N3O3S. The third kappa shape index (κ3) is 5.87. The molecule has 10 heteroatoms. The first kappa shape index (κ1) is 28.1. The summed E-state index contributed by atoms with van der Waals surface area (Å²) in [7, 11) is -4.19. The number of amides is 1. The Bertz CT molecular complexity index is 1400. The Morgan fingerprint density at radius 2 is 1.66 bits per heavy atom. The van der Waals surface area contributed by atoms with Crippen molar-refractivity contribution >= 4 is 26.7 Å². The van der Waals surface area contributed by atoms with Crippen LogP contribution in [0.5, 0.6) is 0 Å². The highest BCUT2D eigenvalue weighted by atomic mass is 32.2. The van der Waals surface area contributed by atoms with Crippen LogP contribution in [-0.2, 0) is 27.4 Å². The van der Waals surface area contributed by atoms with Crippen LogP contribution in [0.25, 0.3) is 10.8 Å². The van der Waals surface area contributed by atoms with Crippen LogP contribution in [-0.4, -0.2) is 54.7 Å². The number of likely N-dealkylation sites (tertiary alicyclic amines) is 1. The number of benzene rings is 3. The van der Waals surface area contributed by atoms with Crippen LogP contribution in [0.1, 0.15) is 37.8 Å². The summed E-state index contributed by atoms with van der Waals surface area (Å²) in [5, 5.41) is 2.12. The van der Waals surface area contributed by atoms with Crippen LogP contribution in [0.15, 0.2) is 71.6 Å². The zero-order valence-corrected chi connectivity index (χ0v) is 22.2. The summed E-state index contributed by atoms with van der Waals surface area (Å²) in [5.74, 6) is -0.201. The summed E-state index contributed by atoms with van der Waals surface area (Å²) in [4.78, 5) is 14.4. The third-order valence-electron chi connectivity index (χ3n) is 7.02. The molecule has 1 saturated heterocycles.